The molecular formula is C21H42N4O4. The Morgan fingerprint density at radius 3 is 1.52 bits per heavy atom. The highest BCUT2D eigenvalue weighted by atomic mass is 16.3. The van der Waals surface area contributed by atoms with Crippen molar-refractivity contribution < 1.29 is 19.8 Å². The Morgan fingerprint density at radius 2 is 1.17 bits per heavy atom. The van der Waals surface area contributed by atoms with Gasteiger partial charge in [-0.05, 0) is 86.6 Å². The summed E-state index contributed by atoms with van der Waals surface area (Å²) in [6.45, 7) is 10.1. The Balaban J connectivity index is 0.000000291. The van der Waals surface area contributed by atoms with Crippen molar-refractivity contribution in [1.29, 1.82) is 0 Å². The Morgan fingerprint density at radius 1 is 0.828 bits per heavy atom. The van der Waals surface area contributed by atoms with Crippen LogP contribution in [0.2, 0.25) is 0 Å². The minimum absolute atomic E-state index is 0.183. The molecule has 0 radical (unpaired) electrons. The first-order chi connectivity index (χ1) is 13.2. The van der Waals surface area contributed by atoms with Crippen LogP contribution in [0.25, 0.3) is 0 Å². The molecule has 8 nitrogen and oxygen atoms in total. The quantitative estimate of drug-likeness (QED) is 0.611. The number of piperidine rings is 2. The molecule has 0 spiro atoms. The van der Waals surface area contributed by atoms with Crippen LogP contribution in [0.3, 0.4) is 0 Å². The molecule has 0 saturated carbocycles. The molecule has 3 N–H and O–H groups in total. The van der Waals surface area contributed by atoms with E-state index in [2.05, 4.69) is 17.3 Å². The van der Waals surface area contributed by atoms with Crippen molar-refractivity contribution in [1.82, 2.24) is 20.0 Å². The molecule has 170 valence electrons. The monoisotopic (exact) mass is 414 g/mol. The number of aliphatic hydroxyl groups is 2. The van der Waals surface area contributed by atoms with Gasteiger partial charge in [0.2, 0.25) is 0 Å². The maximum absolute atomic E-state index is 11.8. The fourth-order valence-electron chi connectivity index (χ4n) is 3.77. The maximum atomic E-state index is 11.8. The van der Waals surface area contributed by atoms with E-state index in [0.29, 0.717) is 0 Å². The Bertz CT molecular complexity index is 528. The van der Waals surface area contributed by atoms with Crippen molar-refractivity contribution in [2.45, 2.75) is 76.7 Å². The summed E-state index contributed by atoms with van der Waals surface area (Å²) < 4.78 is 0. The molecule has 2 fully saturated rings. The van der Waals surface area contributed by atoms with Gasteiger partial charge >= 0.3 is 0 Å². The lowest BCUT2D eigenvalue weighted by Crippen LogP contribution is -2.50. The molecule has 0 aromatic rings. The first-order valence-electron chi connectivity index (χ1n) is 10.6. The van der Waals surface area contributed by atoms with Crippen molar-refractivity contribution in [3.8, 4) is 0 Å². The van der Waals surface area contributed by atoms with E-state index in [4.69, 9.17) is 0 Å². The van der Waals surface area contributed by atoms with E-state index in [1.165, 1.54) is 13.8 Å². The third kappa shape index (κ3) is 8.20. The lowest BCUT2D eigenvalue weighted by molar-refractivity contribution is -0.149. The topological polar surface area (TPSA) is 96.4 Å². The molecule has 2 aliphatic heterocycles. The summed E-state index contributed by atoms with van der Waals surface area (Å²) in [4.78, 5) is 29.2. The van der Waals surface area contributed by atoms with Crippen LogP contribution < -0.4 is 5.32 Å². The fraction of sp³-hybridized carbons (Fsp3) is 0.905. The summed E-state index contributed by atoms with van der Waals surface area (Å²) >= 11 is 0. The van der Waals surface area contributed by atoms with Crippen LogP contribution in [0, 0.1) is 0 Å². The Hall–Kier alpha value is -1.22. The van der Waals surface area contributed by atoms with Gasteiger partial charge in [0.1, 0.15) is 11.2 Å². The average molecular weight is 415 g/mol. The third-order valence-electron chi connectivity index (χ3n) is 5.78. The third-order valence-corrected chi connectivity index (χ3v) is 5.78. The van der Waals surface area contributed by atoms with Gasteiger partial charge in [0.15, 0.2) is 0 Å². The first-order valence-corrected chi connectivity index (χ1v) is 10.6. The number of nitrogens with zero attached hydrogens (tertiary/aromatic N) is 3. The molecule has 0 atom stereocenters. The lowest BCUT2D eigenvalue weighted by Gasteiger charge is -2.37. The van der Waals surface area contributed by atoms with Gasteiger partial charge in [-0.1, -0.05) is 0 Å². The van der Waals surface area contributed by atoms with E-state index in [-0.39, 0.29) is 23.9 Å². The second-order valence-electron chi connectivity index (χ2n) is 9.47. The van der Waals surface area contributed by atoms with Crippen LogP contribution in [0.4, 0.5) is 0 Å². The van der Waals surface area contributed by atoms with Gasteiger partial charge in [-0.15, -0.1) is 0 Å². The van der Waals surface area contributed by atoms with Crippen molar-refractivity contribution in [3.63, 3.8) is 0 Å². The zero-order valence-electron chi connectivity index (χ0n) is 19.4. The molecule has 0 aromatic carbocycles. The van der Waals surface area contributed by atoms with Gasteiger partial charge in [-0.25, -0.2) is 0 Å². The Labute approximate surface area is 176 Å². The molecule has 0 aromatic heterocycles. The fourth-order valence-corrected chi connectivity index (χ4v) is 3.77. The number of amides is 2. The SMILES string of the molecule is CN(C(=O)C(C)(C)O)C1CCNCC1.CN1CCC(N(C)C(=O)C(C)(C)O)CC1. The molecule has 2 saturated heterocycles. The summed E-state index contributed by atoms with van der Waals surface area (Å²) in [6.07, 6.45) is 3.93. The van der Waals surface area contributed by atoms with Gasteiger partial charge in [0, 0.05) is 26.2 Å². The number of rotatable bonds is 4. The largest absolute Gasteiger partial charge is 0.381 e. The molecule has 8 heteroatoms. The van der Waals surface area contributed by atoms with E-state index in [9.17, 15) is 19.8 Å². The summed E-state index contributed by atoms with van der Waals surface area (Å²) in [5.74, 6) is -0.374. The van der Waals surface area contributed by atoms with Crippen molar-refractivity contribution in [2.24, 2.45) is 0 Å². The van der Waals surface area contributed by atoms with Crippen molar-refractivity contribution in [2.75, 3.05) is 47.3 Å². The maximum Gasteiger partial charge on any atom is 0.253 e. The van der Waals surface area contributed by atoms with Gasteiger partial charge in [-0.2, -0.15) is 0 Å². The summed E-state index contributed by atoms with van der Waals surface area (Å²) in [7, 11) is 5.65. The first kappa shape index (κ1) is 25.8. The van der Waals surface area contributed by atoms with E-state index in [1.54, 1.807) is 37.7 Å². The van der Waals surface area contributed by atoms with Crippen LogP contribution in [0.1, 0.15) is 53.4 Å². The molecule has 0 bridgehead atoms. The highest BCUT2D eigenvalue weighted by Gasteiger charge is 2.33. The second kappa shape index (κ2) is 10.7. The van der Waals surface area contributed by atoms with Gasteiger partial charge < -0.3 is 30.2 Å². The number of carbonyl (C=O) groups excluding carboxylic acids is 2. The number of likely N-dealkylation sites (N-methyl/N-ethyl adjacent to an activating group) is 2. The smallest absolute Gasteiger partial charge is 0.253 e. The highest BCUT2D eigenvalue weighted by molar-refractivity contribution is 5.84. The molecule has 2 aliphatic rings. The predicted octanol–water partition coefficient (Wildman–Crippen LogP) is 0.278. The van der Waals surface area contributed by atoms with Gasteiger partial charge in [0.25, 0.3) is 11.8 Å². The standard InChI is InChI=1S/C11H22N2O2.C10H20N2O2/c1-11(2,15)10(14)13(4)9-5-7-12(3)8-6-9;1-10(2,14)9(13)12(3)8-4-6-11-7-5-8/h9,15H,5-8H2,1-4H3;8,11,14H,4-7H2,1-3H3. The second-order valence-corrected chi connectivity index (χ2v) is 9.47. The highest BCUT2D eigenvalue weighted by Crippen LogP contribution is 2.17. The molecule has 0 aliphatic carbocycles. The van der Waals surface area contributed by atoms with Crippen molar-refractivity contribution in [3.05, 3.63) is 0 Å². The number of nitrogens with one attached hydrogen (secondary N) is 1. The van der Waals surface area contributed by atoms with Gasteiger partial charge in [0.05, 0.1) is 0 Å². The minimum Gasteiger partial charge on any atom is -0.381 e. The summed E-state index contributed by atoms with van der Waals surface area (Å²) in [5, 5.41) is 22.5. The summed E-state index contributed by atoms with van der Waals surface area (Å²) in [5.41, 5.74) is -2.50. The molecule has 0 unspecified atom stereocenters. The van der Waals surface area contributed by atoms with Gasteiger partial charge in [-0.3, -0.25) is 9.59 Å². The van der Waals surface area contributed by atoms with E-state index < -0.39 is 11.2 Å². The van der Waals surface area contributed by atoms with E-state index in [0.717, 1.165) is 51.9 Å². The minimum atomic E-state index is -1.25. The van der Waals surface area contributed by atoms with Crippen LogP contribution in [0.5, 0.6) is 0 Å². The zero-order valence-corrected chi connectivity index (χ0v) is 19.4. The van der Waals surface area contributed by atoms with E-state index in [1.807, 2.05) is 0 Å². The number of carbonyl (C=O) groups is 2. The van der Waals surface area contributed by atoms with Crippen LogP contribution >= 0.6 is 0 Å². The molecule has 29 heavy (non-hydrogen) atoms. The number of likely N-dealkylation sites (tertiary alicyclic amines) is 1. The van der Waals surface area contributed by atoms with Crippen LogP contribution in [0.15, 0.2) is 0 Å². The molecular weight excluding hydrogens is 372 g/mol. The zero-order chi connectivity index (χ0) is 22.4. The number of hydrogen-bond acceptors (Lipinski definition) is 6. The molecule has 2 rings (SSSR count). The Kier molecular flexibility index (Phi) is 9.53. The number of hydrogen-bond donors (Lipinski definition) is 3. The van der Waals surface area contributed by atoms with Crippen LogP contribution in [-0.4, -0.2) is 107 Å². The predicted molar refractivity (Wildman–Crippen MR) is 115 cm³/mol. The summed E-state index contributed by atoms with van der Waals surface area (Å²) in [6, 6.07) is 0.551. The van der Waals surface area contributed by atoms with Crippen LogP contribution in [-0.2, 0) is 9.59 Å². The lowest BCUT2D eigenvalue weighted by atomic mass is 10.0. The molecule has 2 amide bonds. The van der Waals surface area contributed by atoms with E-state index >= 15 is 0 Å². The molecule has 2 heterocycles. The average Bonchev–Trinajstić information content (AvgIpc) is 2.66. The normalized spacial score (nSPS) is 19.9. The van der Waals surface area contributed by atoms with Crippen molar-refractivity contribution >= 4 is 11.8 Å².